The van der Waals surface area contributed by atoms with Gasteiger partial charge in [0, 0.05) is 5.02 Å². The van der Waals surface area contributed by atoms with Crippen LogP contribution in [0.3, 0.4) is 0 Å². The zero-order valence-corrected chi connectivity index (χ0v) is 13.9. The second-order valence-electron chi connectivity index (χ2n) is 4.90. The predicted octanol–water partition coefficient (Wildman–Crippen LogP) is 4.32. The monoisotopic (exact) mass is 368 g/mol. The molecule has 0 saturated carbocycles. The summed E-state index contributed by atoms with van der Waals surface area (Å²) in [6.45, 7) is -1.51. The molecule has 1 unspecified atom stereocenters. The lowest BCUT2D eigenvalue weighted by Crippen LogP contribution is -2.26. The molecular formula is C17H15ClF2N2O3. The Balaban J connectivity index is 1.93. The Kier molecular flexibility index (Phi) is 6.71. The molecule has 0 radical (unpaired) electrons. The van der Waals surface area contributed by atoms with Crippen molar-refractivity contribution >= 4 is 29.4 Å². The van der Waals surface area contributed by atoms with Gasteiger partial charge in [0.05, 0.1) is 11.9 Å². The van der Waals surface area contributed by atoms with E-state index < -0.39 is 18.6 Å². The third-order valence-electron chi connectivity index (χ3n) is 3.02. The summed E-state index contributed by atoms with van der Waals surface area (Å²) in [4.78, 5) is 17.1. The number of halogens is 3. The summed E-state index contributed by atoms with van der Waals surface area (Å²) in [7, 11) is 0. The summed E-state index contributed by atoms with van der Waals surface area (Å²) < 4.78 is 29.1. The summed E-state index contributed by atoms with van der Waals surface area (Å²) in [6.07, 6.45) is 0.483. The number of nitrogens with zero attached hydrogens (tertiary/aromatic N) is 1. The van der Waals surface area contributed by atoms with Crippen molar-refractivity contribution in [1.29, 1.82) is 0 Å². The van der Waals surface area contributed by atoms with E-state index in [1.165, 1.54) is 31.3 Å². The molecule has 0 heterocycles. The SMILES string of the molecule is CC(O/N=C/c1ccc(Cl)cc1)C(=O)Nc1ccccc1OC(F)F. The lowest BCUT2D eigenvalue weighted by molar-refractivity contribution is -0.126. The van der Waals surface area contributed by atoms with Gasteiger partial charge >= 0.3 is 6.61 Å². The van der Waals surface area contributed by atoms with Crippen molar-refractivity contribution in [1.82, 2.24) is 0 Å². The van der Waals surface area contributed by atoms with Gasteiger partial charge in [-0.3, -0.25) is 4.79 Å². The molecule has 2 rings (SSSR count). The third-order valence-corrected chi connectivity index (χ3v) is 3.27. The van der Waals surface area contributed by atoms with Crippen LogP contribution in [0.2, 0.25) is 5.02 Å². The van der Waals surface area contributed by atoms with Crippen molar-refractivity contribution in [2.24, 2.45) is 5.16 Å². The van der Waals surface area contributed by atoms with Crippen molar-refractivity contribution in [3.63, 3.8) is 0 Å². The number of ether oxygens (including phenoxy) is 1. The zero-order valence-electron chi connectivity index (χ0n) is 13.2. The Morgan fingerprint density at radius 1 is 1.20 bits per heavy atom. The van der Waals surface area contributed by atoms with E-state index in [9.17, 15) is 13.6 Å². The normalized spacial score (nSPS) is 12.2. The molecule has 5 nitrogen and oxygen atoms in total. The zero-order chi connectivity index (χ0) is 18.2. The van der Waals surface area contributed by atoms with Crippen LogP contribution in [0.1, 0.15) is 12.5 Å². The van der Waals surface area contributed by atoms with E-state index >= 15 is 0 Å². The van der Waals surface area contributed by atoms with Crippen molar-refractivity contribution in [3.05, 3.63) is 59.1 Å². The van der Waals surface area contributed by atoms with Gasteiger partial charge in [0.25, 0.3) is 5.91 Å². The van der Waals surface area contributed by atoms with Crippen LogP contribution >= 0.6 is 11.6 Å². The molecule has 0 saturated heterocycles. The lowest BCUT2D eigenvalue weighted by Gasteiger charge is -2.14. The minimum Gasteiger partial charge on any atom is -0.433 e. The molecule has 1 amide bonds. The van der Waals surface area contributed by atoms with Crippen LogP contribution in [0, 0.1) is 0 Å². The maximum absolute atomic E-state index is 12.4. The van der Waals surface area contributed by atoms with E-state index in [0.29, 0.717) is 5.02 Å². The van der Waals surface area contributed by atoms with Crippen LogP contribution in [-0.4, -0.2) is 24.8 Å². The first-order chi connectivity index (χ1) is 12.0. The Morgan fingerprint density at radius 2 is 1.88 bits per heavy atom. The van der Waals surface area contributed by atoms with Crippen molar-refractivity contribution in [3.8, 4) is 5.75 Å². The van der Waals surface area contributed by atoms with Crippen LogP contribution in [0.5, 0.6) is 5.75 Å². The first-order valence-corrected chi connectivity index (χ1v) is 7.63. The molecule has 2 aromatic carbocycles. The number of rotatable bonds is 7. The molecule has 0 aliphatic carbocycles. The number of benzene rings is 2. The van der Waals surface area contributed by atoms with Gasteiger partial charge in [0.15, 0.2) is 0 Å². The van der Waals surface area contributed by atoms with E-state index in [4.69, 9.17) is 16.4 Å². The first-order valence-electron chi connectivity index (χ1n) is 7.25. The number of carbonyl (C=O) groups is 1. The summed E-state index contributed by atoms with van der Waals surface area (Å²) in [5, 5.41) is 6.78. The van der Waals surface area contributed by atoms with E-state index in [-0.39, 0.29) is 11.4 Å². The number of carbonyl (C=O) groups excluding carboxylic acids is 1. The highest BCUT2D eigenvalue weighted by Gasteiger charge is 2.17. The number of para-hydroxylation sites is 2. The Labute approximate surface area is 148 Å². The molecule has 25 heavy (non-hydrogen) atoms. The highest BCUT2D eigenvalue weighted by atomic mass is 35.5. The van der Waals surface area contributed by atoms with Gasteiger partial charge in [-0.15, -0.1) is 0 Å². The van der Waals surface area contributed by atoms with Crippen LogP contribution in [0.4, 0.5) is 14.5 Å². The molecule has 0 aromatic heterocycles. The third kappa shape index (κ3) is 6.04. The minimum atomic E-state index is -2.99. The number of amides is 1. The average Bonchev–Trinajstić information content (AvgIpc) is 2.58. The smallest absolute Gasteiger partial charge is 0.387 e. The van der Waals surface area contributed by atoms with Crippen LogP contribution in [0.25, 0.3) is 0 Å². The topological polar surface area (TPSA) is 59.9 Å². The Bertz CT molecular complexity index is 739. The predicted molar refractivity (Wildman–Crippen MR) is 91.3 cm³/mol. The number of hydrogen-bond acceptors (Lipinski definition) is 4. The molecule has 2 aromatic rings. The molecule has 0 aliphatic rings. The largest absolute Gasteiger partial charge is 0.433 e. The van der Waals surface area contributed by atoms with E-state index in [1.54, 1.807) is 30.3 Å². The van der Waals surface area contributed by atoms with Gasteiger partial charge in [-0.25, -0.2) is 0 Å². The van der Waals surface area contributed by atoms with Crippen LogP contribution in [0.15, 0.2) is 53.7 Å². The highest BCUT2D eigenvalue weighted by molar-refractivity contribution is 6.30. The molecule has 1 N–H and O–H groups in total. The van der Waals surface area contributed by atoms with Crippen molar-refractivity contribution in [2.75, 3.05) is 5.32 Å². The number of nitrogens with one attached hydrogen (secondary N) is 1. The summed E-state index contributed by atoms with van der Waals surface area (Å²) in [6, 6.07) is 12.7. The molecule has 0 bridgehead atoms. The Morgan fingerprint density at radius 3 is 2.56 bits per heavy atom. The molecule has 0 spiro atoms. The maximum Gasteiger partial charge on any atom is 0.387 e. The minimum absolute atomic E-state index is 0.116. The van der Waals surface area contributed by atoms with Gasteiger partial charge in [0.1, 0.15) is 5.75 Å². The van der Waals surface area contributed by atoms with Crippen LogP contribution < -0.4 is 10.1 Å². The highest BCUT2D eigenvalue weighted by Crippen LogP contribution is 2.25. The average molecular weight is 369 g/mol. The van der Waals surface area contributed by atoms with Gasteiger partial charge in [-0.05, 0) is 36.8 Å². The lowest BCUT2D eigenvalue weighted by atomic mass is 10.2. The molecule has 0 fully saturated rings. The standard InChI is InChI=1S/C17H15ClF2N2O3/c1-11(25-21-10-12-6-8-13(18)9-7-12)16(23)22-14-4-2-3-5-15(14)24-17(19)20/h2-11,17H,1H3,(H,22,23)/b21-10+. The number of hydrogen-bond donors (Lipinski definition) is 1. The first kappa shape index (κ1) is 18.7. The maximum atomic E-state index is 12.4. The summed E-state index contributed by atoms with van der Waals surface area (Å²) >= 11 is 5.77. The van der Waals surface area contributed by atoms with Crippen molar-refractivity contribution < 1.29 is 23.1 Å². The second kappa shape index (κ2) is 8.98. The summed E-state index contributed by atoms with van der Waals surface area (Å²) in [5.74, 6) is -0.693. The molecular weight excluding hydrogens is 354 g/mol. The Hall–Kier alpha value is -2.67. The summed E-state index contributed by atoms with van der Waals surface area (Å²) in [5.41, 5.74) is 0.859. The fourth-order valence-corrected chi connectivity index (χ4v) is 1.91. The molecule has 8 heteroatoms. The van der Waals surface area contributed by atoms with E-state index in [2.05, 4.69) is 15.2 Å². The molecule has 0 aliphatic heterocycles. The number of alkyl halides is 2. The quantitative estimate of drug-likeness (QED) is 0.585. The number of anilines is 1. The molecule has 132 valence electrons. The van der Waals surface area contributed by atoms with Crippen LogP contribution in [-0.2, 0) is 9.63 Å². The molecule has 1 atom stereocenters. The fraction of sp³-hybridized carbons (Fsp3) is 0.176. The fourth-order valence-electron chi connectivity index (χ4n) is 1.78. The second-order valence-corrected chi connectivity index (χ2v) is 5.33. The van der Waals surface area contributed by atoms with E-state index in [0.717, 1.165) is 5.56 Å². The van der Waals surface area contributed by atoms with Crippen molar-refractivity contribution in [2.45, 2.75) is 19.6 Å². The van der Waals surface area contributed by atoms with Gasteiger partial charge < -0.3 is 14.9 Å². The van der Waals surface area contributed by atoms with Gasteiger partial charge in [0.2, 0.25) is 6.10 Å². The van der Waals surface area contributed by atoms with Gasteiger partial charge in [-0.1, -0.05) is 41.0 Å². The number of oxime groups is 1. The van der Waals surface area contributed by atoms with E-state index in [1.807, 2.05) is 0 Å². The van der Waals surface area contributed by atoms with Gasteiger partial charge in [-0.2, -0.15) is 8.78 Å².